The molecule has 0 saturated carbocycles. The fourth-order valence-electron chi connectivity index (χ4n) is 0.358. The van der Waals surface area contributed by atoms with Crippen LogP contribution in [0.3, 0.4) is 0 Å². The van der Waals surface area contributed by atoms with Crippen LogP contribution in [0.4, 0.5) is 0 Å². The largest absolute Gasteiger partial charge is 0.288 e. The Morgan fingerprint density at radius 2 is 2.33 bits per heavy atom. The molecule has 0 aliphatic carbocycles. The summed E-state index contributed by atoms with van der Waals surface area (Å²) in [7, 11) is 0. The van der Waals surface area contributed by atoms with Crippen molar-refractivity contribution in [2.24, 2.45) is 0 Å². The van der Waals surface area contributed by atoms with Gasteiger partial charge in [0.25, 0.3) is 5.91 Å². The number of amides is 1. The highest BCUT2D eigenvalue weighted by Gasteiger charge is 1.91. The molecule has 3 heteroatoms. The van der Waals surface area contributed by atoms with Gasteiger partial charge < -0.3 is 0 Å². The molecule has 0 radical (unpaired) electrons. The van der Waals surface area contributed by atoms with Crippen LogP contribution in [-0.4, -0.2) is 11.1 Å². The molecule has 52 valence electrons. The highest BCUT2D eigenvalue weighted by atomic mass is 16.5. The molecule has 2 N–H and O–H groups in total. The van der Waals surface area contributed by atoms with E-state index in [0.717, 1.165) is 12.0 Å². The smallest absolute Gasteiger partial charge is 0.267 e. The highest BCUT2D eigenvalue weighted by molar-refractivity contribution is 5.87. The highest BCUT2D eigenvalue weighted by Crippen LogP contribution is 1.95. The fourth-order valence-corrected chi connectivity index (χ4v) is 0.358. The van der Waals surface area contributed by atoms with Crippen molar-refractivity contribution in [3.63, 3.8) is 0 Å². The Morgan fingerprint density at radius 3 is 2.67 bits per heavy atom. The predicted molar refractivity (Wildman–Crippen MR) is 34.0 cm³/mol. The number of rotatable bonds is 2. The van der Waals surface area contributed by atoms with Crippen molar-refractivity contribution in [2.75, 3.05) is 0 Å². The molecule has 0 saturated heterocycles. The SMILES string of the molecule is CC/C(C)=C\C(=O)NO. The second-order valence-electron chi connectivity index (χ2n) is 1.82. The normalized spacial score (nSPS) is 11.2. The molecule has 0 rings (SSSR count). The minimum atomic E-state index is -0.464. The Balaban J connectivity index is 3.79. The van der Waals surface area contributed by atoms with Gasteiger partial charge in [0.1, 0.15) is 0 Å². The van der Waals surface area contributed by atoms with Gasteiger partial charge in [0.05, 0.1) is 0 Å². The van der Waals surface area contributed by atoms with Crippen LogP contribution >= 0.6 is 0 Å². The van der Waals surface area contributed by atoms with Crippen molar-refractivity contribution in [3.8, 4) is 0 Å². The summed E-state index contributed by atoms with van der Waals surface area (Å²) < 4.78 is 0. The number of hydrogen-bond donors (Lipinski definition) is 2. The van der Waals surface area contributed by atoms with Crippen LogP contribution in [0.5, 0.6) is 0 Å². The van der Waals surface area contributed by atoms with Gasteiger partial charge in [-0.05, 0) is 13.3 Å². The monoisotopic (exact) mass is 129 g/mol. The second kappa shape index (κ2) is 4.09. The summed E-state index contributed by atoms with van der Waals surface area (Å²) in [6, 6.07) is 0. The van der Waals surface area contributed by atoms with Crippen molar-refractivity contribution in [2.45, 2.75) is 20.3 Å². The van der Waals surface area contributed by atoms with Crippen molar-refractivity contribution >= 4 is 5.91 Å². The van der Waals surface area contributed by atoms with Crippen LogP contribution in [0.2, 0.25) is 0 Å². The molecular weight excluding hydrogens is 118 g/mol. The van der Waals surface area contributed by atoms with Gasteiger partial charge in [-0.3, -0.25) is 10.0 Å². The molecular formula is C6H11NO2. The van der Waals surface area contributed by atoms with Gasteiger partial charge in [-0.1, -0.05) is 12.5 Å². The summed E-state index contributed by atoms with van der Waals surface area (Å²) in [5.74, 6) is -0.464. The number of carbonyl (C=O) groups is 1. The van der Waals surface area contributed by atoms with Crippen molar-refractivity contribution in [1.82, 2.24) is 5.48 Å². The van der Waals surface area contributed by atoms with E-state index in [-0.39, 0.29) is 0 Å². The second-order valence-corrected chi connectivity index (χ2v) is 1.82. The summed E-state index contributed by atoms with van der Waals surface area (Å²) in [4.78, 5) is 10.3. The molecule has 3 nitrogen and oxygen atoms in total. The van der Waals surface area contributed by atoms with Gasteiger partial charge >= 0.3 is 0 Å². The maximum Gasteiger partial charge on any atom is 0.267 e. The number of hydrogen-bond acceptors (Lipinski definition) is 2. The molecule has 0 aliphatic rings. The third kappa shape index (κ3) is 3.73. The molecule has 0 fully saturated rings. The minimum absolute atomic E-state index is 0.464. The molecule has 0 spiro atoms. The first kappa shape index (κ1) is 8.17. The van der Waals surface area contributed by atoms with E-state index in [1.54, 1.807) is 0 Å². The Labute approximate surface area is 54.3 Å². The van der Waals surface area contributed by atoms with Gasteiger partial charge in [-0.25, -0.2) is 5.48 Å². The number of nitrogens with one attached hydrogen (secondary N) is 1. The molecule has 1 amide bonds. The van der Waals surface area contributed by atoms with Gasteiger partial charge in [-0.15, -0.1) is 0 Å². The summed E-state index contributed by atoms with van der Waals surface area (Å²) in [5, 5.41) is 8.04. The summed E-state index contributed by atoms with van der Waals surface area (Å²) in [6.45, 7) is 3.77. The fraction of sp³-hybridized carbons (Fsp3) is 0.500. The average molecular weight is 129 g/mol. The Kier molecular flexibility index (Phi) is 3.71. The van der Waals surface area contributed by atoms with E-state index in [4.69, 9.17) is 5.21 Å². The zero-order valence-electron chi connectivity index (χ0n) is 5.64. The Hall–Kier alpha value is -0.830. The lowest BCUT2D eigenvalue weighted by Gasteiger charge is -1.92. The molecule has 0 unspecified atom stereocenters. The molecule has 0 aliphatic heterocycles. The first-order valence-corrected chi connectivity index (χ1v) is 2.82. The van der Waals surface area contributed by atoms with Crippen LogP contribution in [0.25, 0.3) is 0 Å². The van der Waals surface area contributed by atoms with Gasteiger partial charge in [0.2, 0.25) is 0 Å². The van der Waals surface area contributed by atoms with Crippen LogP contribution < -0.4 is 5.48 Å². The lowest BCUT2D eigenvalue weighted by molar-refractivity contribution is -0.124. The van der Waals surface area contributed by atoms with E-state index < -0.39 is 5.91 Å². The summed E-state index contributed by atoms with van der Waals surface area (Å²) >= 11 is 0. The third-order valence-corrected chi connectivity index (χ3v) is 1.05. The van der Waals surface area contributed by atoms with E-state index in [9.17, 15) is 4.79 Å². The van der Waals surface area contributed by atoms with Crippen LogP contribution in [-0.2, 0) is 4.79 Å². The maximum atomic E-state index is 10.3. The van der Waals surface area contributed by atoms with Gasteiger partial charge in [0.15, 0.2) is 0 Å². The first-order chi connectivity index (χ1) is 4.20. The van der Waals surface area contributed by atoms with E-state index in [2.05, 4.69) is 0 Å². The van der Waals surface area contributed by atoms with Gasteiger partial charge in [0, 0.05) is 6.08 Å². The quantitative estimate of drug-likeness (QED) is 0.330. The number of allylic oxidation sites excluding steroid dienone is 1. The standard InChI is InChI=1S/C6H11NO2/c1-3-5(2)4-6(8)7-9/h4,9H,3H2,1-2H3,(H,7,8)/b5-4-. The zero-order valence-corrected chi connectivity index (χ0v) is 5.64. The molecule has 0 aromatic heterocycles. The number of carbonyl (C=O) groups excluding carboxylic acids is 1. The summed E-state index contributed by atoms with van der Waals surface area (Å²) in [5.41, 5.74) is 2.46. The topological polar surface area (TPSA) is 49.3 Å². The van der Waals surface area contributed by atoms with E-state index >= 15 is 0 Å². The molecule has 9 heavy (non-hydrogen) atoms. The summed E-state index contributed by atoms with van der Waals surface area (Å²) in [6.07, 6.45) is 2.19. The van der Waals surface area contributed by atoms with Gasteiger partial charge in [-0.2, -0.15) is 0 Å². The minimum Gasteiger partial charge on any atom is -0.288 e. The van der Waals surface area contributed by atoms with E-state index in [0.29, 0.717) is 0 Å². The van der Waals surface area contributed by atoms with E-state index in [1.807, 2.05) is 13.8 Å². The Morgan fingerprint density at radius 1 is 1.78 bits per heavy atom. The molecule has 0 heterocycles. The van der Waals surface area contributed by atoms with Crippen LogP contribution in [0.1, 0.15) is 20.3 Å². The third-order valence-electron chi connectivity index (χ3n) is 1.05. The van der Waals surface area contributed by atoms with Crippen LogP contribution in [0, 0.1) is 0 Å². The lowest BCUT2D eigenvalue weighted by atomic mass is 10.2. The van der Waals surface area contributed by atoms with E-state index in [1.165, 1.54) is 11.6 Å². The van der Waals surface area contributed by atoms with Crippen LogP contribution in [0.15, 0.2) is 11.6 Å². The molecule has 0 atom stereocenters. The first-order valence-electron chi connectivity index (χ1n) is 2.82. The predicted octanol–water partition coefficient (Wildman–Crippen LogP) is 0.848. The molecule has 0 bridgehead atoms. The number of hydroxylamine groups is 1. The van der Waals surface area contributed by atoms with Crippen molar-refractivity contribution < 1.29 is 10.0 Å². The Bertz CT molecular complexity index is 129. The van der Waals surface area contributed by atoms with Crippen molar-refractivity contribution in [1.29, 1.82) is 0 Å². The maximum absolute atomic E-state index is 10.3. The lowest BCUT2D eigenvalue weighted by Crippen LogP contribution is -2.15. The molecule has 0 aromatic carbocycles. The van der Waals surface area contributed by atoms with Crippen molar-refractivity contribution in [3.05, 3.63) is 11.6 Å². The molecule has 0 aromatic rings. The zero-order chi connectivity index (χ0) is 7.28. The average Bonchev–Trinajstić information content (AvgIpc) is 1.87.